The number of hydrogen-bond acceptors (Lipinski definition) is 3. The number of hydrogen-bond donors (Lipinski definition) is 3. The van der Waals surface area contributed by atoms with Gasteiger partial charge in [0.1, 0.15) is 0 Å². The molecule has 25 heavy (non-hydrogen) atoms. The van der Waals surface area contributed by atoms with Crippen LogP contribution in [0.2, 0.25) is 0 Å². The maximum Gasteiger partial charge on any atom is 0.321 e. The zero-order valence-corrected chi connectivity index (χ0v) is 15.5. The summed E-state index contributed by atoms with van der Waals surface area (Å²) in [5.74, 6) is 1.06. The highest BCUT2D eigenvalue weighted by Crippen LogP contribution is 2.22. The van der Waals surface area contributed by atoms with Gasteiger partial charge in [-0.3, -0.25) is 4.79 Å². The van der Waals surface area contributed by atoms with Crippen molar-refractivity contribution in [3.05, 3.63) is 29.8 Å². The number of benzene rings is 1. The molecule has 0 radical (unpaired) electrons. The van der Waals surface area contributed by atoms with Crippen molar-refractivity contribution in [3.63, 3.8) is 0 Å². The number of piperidine rings is 1. The zero-order chi connectivity index (χ0) is 18.2. The molecule has 1 saturated heterocycles. The molecule has 1 aromatic carbocycles. The largest absolute Gasteiger partial charge is 0.352 e. The molecule has 1 aliphatic heterocycles. The fraction of sp³-hybridized carbons (Fsp3) is 0.579. The second kappa shape index (κ2) is 9.42. The van der Waals surface area contributed by atoms with E-state index in [0.29, 0.717) is 24.8 Å². The molecule has 1 aromatic rings. The van der Waals surface area contributed by atoms with Gasteiger partial charge in [-0.2, -0.15) is 0 Å². The number of nitrogens with zero attached hydrogens (tertiary/aromatic N) is 1. The Hall–Kier alpha value is -2.08. The molecular weight excluding hydrogens is 316 g/mol. The number of carbonyl (C=O) groups is 2. The summed E-state index contributed by atoms with van der Waals surface area (Å²) in [6.07, 6.45) is 2.96. The van der Waals surface area contributed by atoms with Crippen molar-refractivity contribution >= 4 is 17.6 Å². The molecule has 2 rings (SSSR count). The second-order valence-electron chi connectivity index (χ2n) is 7.09. The molecule has 0 bridgehead atoms. The molecule has 3 N–H and O–H groups in total. The molecule has 138 valence electrons. The summed E-state index contributed by atoms with van der Waals surface area (Å²) >= 11 is 0. The van der Waals surface area contributed by atoms with Gasteiger partial charge in [-0.1, -0.05) is 19.1 Å². The second-order valence-corrected chi connectivity index (χ2v) is 7.09. The van der Waals surface area contributed by atoms with Gasteiger partial charge in [0.25, 0.3) is 0 Å². The van der Waals surface area contributed by atoms with Crippen LogP contribution in [-0.4, -0.2) is 44.0 Å². The number of anilines is 1. The van der Waals surface area contributed by atoms with Gasteiger partial charge in [0.05, 0.1) is 0 Å². The summed E-state index contributed by atoms with van der Waals surface area (Å²) in [6.45, 7) is 4.74. The first-order chi connectivity index (χ1) is 12.0. The molecule has 6 nitrogen and oxygen atoms in total. The Morgan fingerprint density at radius 1 is 1.36 bits per heavy atom. The molecule has 0 saturated carbocycles. The summed E-state index contributed by atoms with van der Waals surface area (Å²) in [5.41, 5.74) is 1.70. The average molecular weight is 346 g/mol. The van der Waals surface area contributed by atoms with Crippen molar-refractivity contribution in [2.24, 2.45) is 11.8 Å². The highest BCUT2D eigenvalue weighted by Gasteiger charge is 2.21. The van der Waals surface area contributed by atoms with Crippen molar-refractivity contribution < 1.29 is 9.59 Å². The van der Waals surface area contributed by atoms with Crippen molar-refractivity contribution in [2.45, 2.75) is 32.7 Å². The van der Waals surface area contributed by atoms with Crippen LogP contribution >= 0.6 is 0 Å². The van der Waals surface area contributed by atoms with Gasteiger partial charge < -0.3 is 20.9 Å². The minimum Gasteiger partial charge on any atom is -0.352 e. The molecule has 3 amide bonds. The normalized spacial score (nSPS) is 18.3. The van der Waals surface area contributed by atoms with E-state index in [-0.39, 0.29) is 11.9 Å². The predicted octanol–water partition coefficient (Wildman–Crippen LogP) is 2.42. The van der Waals surface area contributed by atoms with E-state index in [1.165, 1.54) is 17.7 Å². The first-order valence-corrected chi connectivity index (χ1v) is 9.00. The first kappa shape index (κ1) is 19.2. The van der Waals surface area contributed by atoms with Crippen LogP contribution in [0.3, 0.4) is 0 Å². The van der Waals surface area contributed by atoms with Crippen molar-refractivity contribution in [3.8, 4) is 0 Å². The van der Waals surface area contributed by atoms with Crippen LogP contribution in [0, 0.1) is 11.8 Å². The van der Waals surface area contributed by atoms with Crippen molar-refractivity contribution in [1.29, 1.82) is 0 Å². The van der Waals surface area contributed by atoms with E-state index in [0.717, 1.165) is 24.3 Å². The Kier molecular flexibility index (Phi) is 7.25. The van der Waals surface area contributed by atoms with Gasteiger partial charge in [0.15, 0.2) is 0 Å². The fourth-order valence-electron chi connectivity index (χ4n) is 3.09. The lowest BCUT2D eigenvalue weighted by Gasteiger charge is -2.28. The molecule has 2 unspecified atom stereocenters. The number of nitrogens with one attached hydrogen (secondary N) is 3. The quantitative estimate of drug-likeness (QED) is 0.741. The Morgan fingerprint density at radius 2 is 2.16 bits per heavy atom. The first-order valence-electron chi connectivity index (χ1n) is 9.00. The zero-order valence-electron chi connectivity index (χ0n) is 15.5. The van der Waals surface area contributed by atoms with Gasteiger partial charge in [-0.15, -0.1) is 0 Å². The van der Waals surface area contributed by atoms with E-state index in [1.54, 1.807) is 14.1 Å². The van der Waals surface area contributed by atoms with Gasteiger partial charge in [0.2, 0.25) is 5.91 Å². The Bertz CT molecular complexity index is 583. The van der Waals surface area contributed by atoms with Gasteiger partial charge in [0, 0.05) is 32.7 Å². The molecule has 6 heteroatoms. The summed E-state index contributed by atoms with van der Waals surface area (Å²) in [4.78, 5) is 25.4. The van der Waals surface area contributed by atoms with Crippen LogP contribution in [0.5, 0.6) is 0 Å². The summed E-state index contributed by atoms with van der Waals surface area (Å²) in [5, 5.41) is 9.21. The SMILES string of the molecule is CC(CC(=O)NCc1cccc(NC(=O)N(C)C)c1)C1CCCNC1. The maximum atomic E-state index is 12.2. The molecule has 0 aromatic heterocycles. The number of rotatable bonds is 6. The molecule has 0 aliphatic carbocycles. The molecule has 1 aliphatic rings. The Balaban J connectivity index is 1.80. The summed E-state index contributed by atoms with van der Waals surface area (Å²) < 4.78 is 0. The number of carbonyl (C=O) groups excluding carboxylic acids is 2. The fourth-order valence-corrected chi connectivity index (χ4v) is 3.09. The van der Waals surface area contributed by atoms with Crippen LogP contribution in [-0.2, 0) is 11.3 Å². The van der Waals surface area contributed by atoms with Crippen LogP contribution in [0.25, 0.3) is 0 Å². The lowest BCUT2D eigenvalue weighted by Crippen LogP contribution is -2.35. The van der Waals surface area contributed by atoms with E-state index >= 15 is 0 Å². The van der Waals surface area contributed by atoms with E-state index in [9.17, 15) is 9.59 Å². The van der Waals surface area contributed by atoms with E-state index in [2.05, 4.69) is 22.9 Å². The molecule has 0 spiro atoms. The smallest absolute Gasteiger partial charge is 0.321 e. The van der Waals surface area contributed by atoms with E-state index in [1.807, 2.05) is 24.3 Å². The molecule has 1 fully saturated rings. The van der Waals surface area contributed by atoms with Crippen LogP contribution in [0.1, 0.15) is 31.7 Å². The Morgan fingerprint density at radius 3 is 2.84 bits per heavy atom. The van der Waals surface area contributed by atoms with Crippen LogP contribution in [0.4, 0.5) is 10.5 Å². The van der Waals surface area contributed by atoms with Crippen LogP contribution < -0.4 is 16.0 Å². The third kappa shape index (κ3) is 6.38. The third-order valence-corrected chi connectivity index (χ3v) is 4.72. The van der Waals surface area contributed by atoms with E-state index in [4.69, 9.17) is 0 Å². The highest BCUT2D eigenvalue weighted by molar-refractivity contribution is 5.89. The molecule has 1 heterocycles. The topological polar surface area (TPSA) is 73.5 Å². The van der Waals surface area contributed by atoms with E-state index < -0.39 is 0 Å². The summed E-state index contributed by atoms with van der Waals surface area (Å²) in [6, 6.07) is 7.38. The lowest BCUT2D eigenvalue weighted by molar-refractivity contribution is -0.122. The minimum atomic E-state index is -0.170. The van der Waals surface area contributed by atoms with Gasteiger partial charge >= 0.3 is 6.03 Å². The van der Waals surface area contributed by atoms with Crippen molar-refractivity contribution in [1.82, 2.24) is 15.5 Å². The van der Waals surface area contributed by atoms with Gasteiger partial charge in [-0.05, 0) is 55.5 Å². The van der Waals surface area contributed by atoms with Gasteiger partial charge in [-0.25, -0.2) is 4.79 Å². The monoisotopic (exact) mass is 346 g/mol. The highest BCUT2D eigenvalue weighted by atomic mass is 16.2. The lowest BCUT2D eigenvalue weighted by atomic mass is 9.85. The standard InChI is InChI=1S/C19H30N4O2/c1-14(16-7-5-9-20-13-16)10-18(24)21-12-15-6-4-8-17(11-15)22-19(25)23(2)3/h4,6,8,11,14,16,20H,5,7,9-10,12-13H2,1-3H3,(H,21,24)(H,22,25). The third-order valence-electron chi connectivity index (χ3n) is 4.72. The number of amides is 3. The van der Waals surface area contributed by atoms with Crippen LogP contribution in [0.15, 0.2) is 24.3 Å². The number of urea groups is 1. The molecular formula is C19H30N4O2. The van der Waals surface area contributed by atoms with Crippen molar-refractivity contribution in [2.75, 3.05) is 32.5 Å². The predicted molar refractivity (Wildman–Crippen MR) is 100 cm³/mol. The average Bonchev–Trinajstić information content (AvgIpc) is 2.61. The maximum absolute atomic E-state index is 12.2. The molecule has 2 atom stereocenters. The minimum absolute atomic E-state index is 0.0841. The Labute approximate surface area is 150 Å². The summed E-state index contributed by atoms with van der Waals surface area (Å²) in [7, 11) is 3.39.